The summed E-state index contributed by atoms with van der Waals surface area (Å²) >= 11 is 1.75. The molecule has 3 rings (SSSR count). The fourth-order valence-corrected chi connectivity index (χ4v) is 4.30. The Kier molecular flexibility index (Phi) is 10.8. The molecule has 0 radical (unpaired) electrons. The zero-order chi connectivity index (χ0) is 21.3. The van der Waals surface area contributed by atoms with Gasteiger partial charge in [-0.25, -0.2) is 9.98 Å². The molecule has 2 heterocycles. The van der Waals surface area contributed by atoms with Crippen LogP contribution in [-0.4, -0.2) is 67.7 Å². The minimum Gasteiger partial charge on any atom is -0.497 e. The molecule has 1 aromatic carbocycles. The van der Waals surface area contributed by atoms with E-state index in [1.54, 1.807) is 25.6 Å². The summed E-state index contributed by atoms with van der Waals surface area (Å²) < 4.78 is 10.9. The Labute approximate surface area is 206 Å². The number of piperazine rings is 1. The van der Waals surface area contributed by atoms with Crippen molar-refractivity contribution in [2.24, 2.45) is 4.99 Å². The fraction of sp³-hybridized carbons (Fsp3) is 0.545. The van der Waals surface area contributed by atoms with E-state index in [0.717, 1.165) is 73.7 Å². The molecule has 1 aromatic heterocycles. The molecule has 0 atom stereocenters. The lowest BCUT2D eigenvalue weighted by Gasteiger charge is -2.36. The van der Waals surface area contributed by atoms with Crippen molar-refractivity contribution in [2.45, 2.75) is 33.4 Å². The van der Waals surface area contributed by atoms with Crippen LogP contribution in [0.15, 0.2) is 29.4 Å². The number of ether oxygens (including phenoxy) is 2. The van der Waals surface area contributed by atoms with Gasteiger partial charge in [0.25, 0.3) is 0 Å². The van der Waals surface area contributed by atoms with E-state index in [-0.39, 0.29) is 24.0 Å². The zero-order valence-electron chi connectivity index (χ0n) is 18.9. The number of aromatic nitrogens is 1. The van der Waals surface area contributed by atoms with E-state index in [2.05, 4.69) is 40.0 Å². The number of thiazole rings is 1. The van der Waals surface area contributed by atoms with E-state index in [4.69, 9.17) is 14.5 Å². The maximum atomic E-state index is 5.53. The highest BCUT2D eigenvalue weighted by Gasteiger charge is 2.21. The number of aliphatic imine (C=N–C) groups is 1. The second-order valence-electron chi connectivity index (χ2n) is 7.19. The standard InChI is InChI=1S/C22H33N5O2S.HI/c1-5-19-14-24-21(30-19)15-25-22(23-6-2)27-11-9-26(10-12-27)16-17-13-18(28-3)7-8-20(17)29-4;/h7-8,13-14H,5-6,9-12,15-16H2,1-4H3,(H,23,25);1H. The maximum absolute atomic E-state index is 5.53. The number of hydrogen-bond acceptors (Lipinski definition) is 6. The zero-order valence-corrected chi connectivity index (χ0v) is 22.0. The molecule has 0 saturated carbocycles. The Morgan fingerprint density at radius 3 is 2.55 bits per heavy atom. The summed E-state index contributed by atoms with van der Waals surface area (Å²) in [6, 6.07) is 5.98. The van der Waals surface area contributed by atoms with E-state index >= 15 is 0 Å². The van der Waals surface area contributed by atoms with Crippen LogP contribution in [0, 0.1) is 0 Å². The number of guanidine groups is 1. The van der Waals surface area contributed by atoms with Crippen LogP contribution in [0.2, 0.25) is 0 Å². The Morgan fingerprint density at radius 1 is 1.16 bits per heavy atom. The molecule has 0 aliphatic carbocycles. The molecule has 1 aliphatic rings. The van der Waals surface area contributed by atoms with Gasteiger partial charge in [0.05, 0.1) is 20.8 Å². The van der Waals surface area contributed by atoms with Crippen LogP contribution in [0.25, 0.3) is 0 Å². The molecule has 0 unspecified atom stereocenters. The second kappa shape index (κ2) is 13.1. The van der Waals surface area contributed by atoms with Gasteiger partial charge in [-0.15, -0.1) is 35.3 Å². The first-order valence-electron chi connectivity index (χ1n) is 10.6. The summed E-state index contributed by atoms with van der Waals surface area (Å²) in [6.45, 7) is 10.4. The topological polar surface area (TPSA) is 62.2 Å². The van der Waals surface area contributed by atoms with Crippen molar-refractivity contribution >= 4 is 41.3 Å². The molecule has 9 heteroatoms. The van der Waals surface area contributed by atoms with E-state index in [1.165, 1.54) is 4.88 Å². The molecule has 0 bridgehead atoms. The van der Waals surface area contributed by atoms with Crippen molar-refractivity contribution in [3.05, 3.63) is 39.8 Å². The van der Waals surface area contributed by atoms with Crippen LogP contribution in [0.5, 0.6) is 11.5 Å². The van der Waals surface area contributed by atoms with E-state index in [1.807, 2.05) is 18.3 Å². The Hall–Kier alpha value is -1.59. The molecule has 172 valence electrons. The van der Waals surface area contributed by atoms with Crippen LogP contribution < -0.4 is 14.8 Å². The molecule has 0 amide bonds. The third-order valence-electron chi connectivity index (χ3n) is 5.20. The third kappa shape index (κ3) is 7.21. The minimum absolute atomic E-state index is 0. The summed E-state index contributed by atoms with van der Waals surface area (Å²) in [5.41, 5.74) is 1.15. The summed E-state index contributed by atoms with van der Waals surface area (Å²) in [7, 11) is 3.41. The highest BCUT2D eigenvalue weighted by molar-refractivity contribution is 14.0. The van der Waals surface area contributed by atoms with Gasteiger partial charge in [-0.2, -0.15) is 0 Å². The lowest BCUT2D eigenvalue weighted by molar-refractivity contribution is 0.171. The molecule has 1 saturated heterocycles. The van der Waals surface area contributed by atoms with Crippen molar-refractivity contribution in [3.63, 3.8) is 0 Å². The van der Waals surface area contributed by atoms with Crippen molar-refractivity contribution in [1.82, 2.24) is 20.1 Å². The SMILES string of the molecule is CCNC(=NCc1ncc(CC)s1)N1CCN(Cc2cc(OC)ccc2OC)CC1.I. The number of nitrogens with zero attached hydrogens (tertiary/aromatic N) is 4. The van der Waals surface area contributed by atoms with Crippen LogP contribution in [0.4, 0.5) is 0 Å². The van der Waals surface area contributed by atoms with Crippen LogP contribution >= 0.6 is 35.3 Å². The largest absolute Gasteiger partial charge is 0.497 e. The molecule has 1 N–H and O–H groups in total. The van der Waals surface area contributed by atoms with E-state index in [9.17, 15) is 0 Å². The van der Waals surface area contributed by atoms with E-state index in [0.29, 0.717) is 6.54 Å². The molecule has 0 spiro atoms. The average molecular weight is 560 g/mol. The number of benzene rings is 1. The number of halogens is 1. The van der Waals surface area contributed by atoms with Crippen molar-refractivity contribution < 1.29 is 9.47 Å². The van der Waals surface area contributed by atoms with Gasteiger partial charge in [0, 0.05) is 55.9 Å². The van der Waals surface area contributed by atoms with Gasteiger partial charge < -0.3 is 19.7 Å². The Bertz CT molecular complexity index is 837. The first-order valence-corrected chi connectivity index (χ1v) is 11.4. The van der Waals surface area contributed by atoms with Crippen LogP contribution in [0.3, 0.4) is 0 Å². The Morgan fingerprint density at radius 2 is 1.94 bits per heavy atom. The number of methoxy groups -OCH3 is 2. The summed E-state index contributed by atoms with van der Waals surface area (Å²) in [6.07, 6.45) is 3.00. The second-order valence-corrected chi connectivity index (χ2v) is 8.38. The van der Waals surface area contributed by atoms with Crippen molar-refractivity contribution in [3.8, 4) is 11.5 Å². The van der Waals surface area contributed by atoms with Crippen molar-refractivity contribution in [2.75, 3.05) is 46.9 Å². The first-order chi connectivity index (χ1) is 14.7. The fourth-order valence-electron chi connectivity index (χ4n) is 3.52. The number of rotatable bonds is 8. The van der Waals surface area contributed by atoms with E-state index < -0.39 is 0 Å². The van der Waals surface area contributed by atoms with Gasteiger partial charge in [-0.3, -0.25) is 4.90 Å². The predicted octanol–water partition coefficient (Wildman–Crippen LogP) is 3.62. The summed E-state index contributed by atoms with van der Waals surface area (Å²) in [5.74, 6) is 2.74. The van der Waals surface area contributed by atoms with Crippen LogP contribution in [-0.2, 0) is 19.5 Å². The normalized spacial score (nSPS) is 14.8. The Balaban J connectivity index is 0.00000341. The van der Waals surface area contributed by atoms with Crippen LogP contribution in [0.1, 0.15) is 29.3 Å². The van der Waals surface area contributed by atoms with Gasteiger partial charge >= 0.3 is 0 Å². The summed E-state index contributed by atoms with van der Waals surface area (Å²) in [4.78, 5) is 15.4. The minimum atomic E-state index is 0. The molecule has 31 heavy (non-hydrogen) atoms. The predicted molar refractivity (Wildman–Crippen MR) is 138 cm³/mol. The summed E-state index contributed by atoms with van der Waals surface area (Å²) in [5, 5.41) is 4.51. The quantitative estimate of drug-likeness (QED) is 0.303. The highest BCUT2D eigenvalue weighted by atomic mass is 127. The molecule has 1 fully saturated rings. The number of hydrogen-bond donors (Lipinski definition) is 1. The highest BCUT2D eigenvalue weighted by Crippen LogP contribution is 2.25. The monoisotopic (exact) mass is 559 g/mol. The molecule has 2 aromatic rings. The van der Waals surface area contributed by atoms with Gasteiger partial charge in [0.1, 0.15) is 16.5 Å². The molecule has 1 aliphatic heterocycles. The van der Waals surface area contributed by atoms with Gasteiger partial charge in [0.15, 0.2) is 5.96 Å². The van der Waals surface area contributed by atoms with Gasteiger partial charge in [-0.1, -0.05) is 6.92 Å². The third-order valence-corrected chi connectivity index (χ3v) is 6.33. The van der Waals surface area contributed by atoms with Gasteiger partial charge in [-0.05, 0) is 31.5 Å². The smallest absolute Gasteiger partial charge is 0.194 e. The molecular formula is C22H34IN5O2S. The molecule has 7 nitrogen and oxygen atoms in total. The number of aryl methyl sites for hydroxylation is 1. The lowest BCUT2D eigenvalue weighted by atomic mass is 10.1. The first kappa shape index (κ1) is 25.7. The maximum Gasteiger partial charge on any atom is 0.194 e. The molecular weight excluding hydrogens is 525 g/mol. The van der Waals surface area contributed by atoms with Crippen molar-refractivity contribution in [1.29, 1.82) is 0 Å². The lowest BCUT2D eigenvalue weighted by Crippen LogP contribution is -2.52. The number of nitrogens with one attached hydrogen (secondary N) is 1. The van der Waals surface area contributed by atoms with Gasteiger partial charge in [0.2, 0.25) is 0 Å². The average Bonchev–Trinajstić information content (AvgIpc) is 3.25.